The number of imidazole rings is 1. The number of carbonyl (C=O) groups is 4. The molecule has 15 heteroatoms. The summed E-state index contributed by atoms with van der Waals surface area (Å²) in [7, 11) is 0. The number of aromatic amines is 1. The number of aliphatic imine (C=N–C) groups is 1. The first-order valence-electron chi connectivity index (χ1n) is 11.0. The fourth-order valence-electron chi connectivity index (χ4n) is 3.01. The number of hydrogen-bond acceptors (Lipinski definition) is 8. The van der Waals surface area contributed by atoms with Gasteiger partial charge in [0.15, 0.2) is 5.96 Å². The summed E-state index contributed by atoms with van der Waals surface area (Å²) in [6, 6.07) is -4.26. The average Bonchev–Trinajstić information content (AvgIpc) is 3.29. The van der Waals surface area contributed by atoms with Crippen molar-refractivity contribution in [3.63, 3.8) is 0 Å². The van der Waals surface area contributed by atoms with Crippen LogP contribution in [-0.4, -0.2) is 81.2 Å². The van der Waals surface area contributed by atoms with E-state index in [1.165, 1.54) is 12.5 Å². The van der Waals surface area contributed by atoms with Crippen LogP contribution in [0.1, 0.15) is 32.4 Å². The van der Waals surface area contributed by atoms with Crippen LogP contribution in [0.2, 0.25) is 0 Å². The zero-order chi connectivity index (χ0) is 26.5. The SMILES string of the molecule is CC(C)C(NC(=O)C(CS)NC(=O)C(N)Cc1cnc[nH]1)C(=O)NC(CCCN=C(N)N)C(=O)O. The van der Waals surface area contributed by atoms with Crippen molar-refractivity contribution in [2.75, 3.05) is 12.3 Å². The highest BCUT2D eigenvalue weighted by Crippen LogP contribution is 2.06. The van der Waals surface area contributed by atoms with Crippen molar-refractivity contribution in [3.05, 3.63) is 18.2 Å². The van der Waals surface area contributed by atoms with Crippen molar-refractivity contribution in [3.8, 4) is 0 Å². The molecule has 0 radical (unpaired) electrons. The number of amides is 3. The number of rotatable bonds is 15. The summed E-state index contributed by atoms with van der Waals surface area (Å²) in [4.78, 5) is 60.1. The number of nitrogens with zero attached hydrogens (tertiary/aromatic N) is 2. The summed E-state index contributed by atoms with van der Waals surface area (Å²) >= 11 is 4.12. The van der Waals surface area contributed by atoms with E-state index in [2.05, 4.69) is 43.5 Å². The lowest BCUT2D eigenvalue weighted by Crippen LogP contribution is -2.59. The van der Waals surface area contributed by atoms with Gasteiger partial charge in [-0.25, -0.2) is 9.78 Å². The summed E-state index contributed by atoms with van der Waals surface area (Å²) < 4.78 is 0. The van der Waals surface area contributed by atoms with Crippen LogP contribution in [0.3, 0.4) is 0 Å². The molecule has 0 aromatic carbocycles. The number of carboxylic acids is 1. The maximum Gasteiger partial charge on any atom is 0.326 e. The topological polar surface area (TPSA) is 244 Å². The molecule has 4 atom stereocenters. The molecular weight excluding hydrogens is 478 g/mol. The average molecular weight is 514 g/mol. The Hall–Kier alpha value is -3.33. The van der Waals surface area contributed by atoms with E-state index in [1.807, 2.05) is 0 Å². The molecule has 1 aromatic heterocycles. The number of thiol groups is 1. The molecule has 0 fully saturated rings. The lowest BCUT2D eigenvalue weighted by molar-refractivity contribution is -0.142. The van der Waals surface area contributed by atoms with Gasteiger partial charge < -0.3 is 43.2 Å². The maximum atomic E-state index is 12.8. The van der Waals surface area contributed by atoms with E-state index in [1.54, 1.807) is 13.8 Å². The minimum atomic E-state index is -1.23. The number of H-pyrrole nitrogens is 1. The summed E-state index contributed by atoms with van der Waals surface area (Å²) in [6.07, 6.45) is 3.58. The predicted octanol–water partition coefficient (Wildman–Crippen LogP) is -2.54. The third-order valence-corrected chi connectivity index (χ3v) is 5.32. The summed E-state index contributed by atoms with van der Waals surface area (Å²) in [5, 5.41) is 17.0. The monoisotopic (exact) mass is 513 g/mol. The Morgan fingerprint density at radius 3 is 2.29 bits per heavy atom. The van der Waals surface area contributed by atoms with Gasteiger partial charge in [-0.2, -0.15) is 12.6 Å². The molecule has 0 aliphatic carbocycles. The molecule has 0 bridgehead atoms. The highest BCUT2D eigenvalue weighted by Gasteiger charge is 2.31. The molecular formula is C20H35N9O5S. The van der Waals surface area contributed by atoms with Gasteiger partial charge in [0.1, 0.15) is 18.1 Å². The molecule has 1 rings (SSSR count). The van der Waals surface area contributed by atoms with Crippen LogP contribution in [0.25, 0.3) is 0 Å². The Morgan fingerprint density at radius 1 is 1.11 bits per heavy atom. The predicted molar refractivity (Wildman–Crippen MR) is 132 cm³/mol. The maximum absolute atomic E-state index is 12.8. The number of aliphatic carboxylic acids is 1. The molecule has 14 nitrogen and oxygen atoms in total. The smallest absolute Gasteiger partial charge is 0.326 e. The second-order valence-corrected chi connectivity index (χ2v) is 8.57. The van der Waals surface area contributed by atoms with Crippen molar-refractivity contribution in [2.24, 2.45) is 28.1 Å². The van der Waals surface area contributed by atoms with Crippen LogP contribution in [0.15, 0.2) is 17.5 Å². The fourth-order valence-corrected chi connectivity index (χ4v) is 3.27. The number of guanidine groups is 1. The van der Waals surface area contributed by atoms with Crippen LogP contribution in [-0.2, 0) is 25.6 Å². The van der Waals surface area contributed by atoms with Gasteiger partial charge in [0.05, 0.1) is 12.4 Å². The van der Waals surface area contributed by atoms with Gasteiger partial charge in [-0.05, 0) is 18.8 Å². The Kier molecular flexibility index (Phi) is 12.6. The number of nitrogens with one attached hydrogen (secondary N) is 4. The minimum Gasteiger partial charge on any atom is -0.480 e. The first-order chi connectivity index (χ1) is 16.5. The second-order valence-electron chi connectivity index (χ2n) is 8.21. The van der Waals surface area contributed by atoms with Crippen LogP contribution in [0.4, 0.5) is 0 Å². The molecule has 0 aliphatic heterocycles. The number of carboxylic acid groups (broad SMARTS) is 1. The number of hydrogen-bond donors (Lipinski definition) is 9. The molecule has 196 valence electrons. The van der Waals surface area contributed by atoms with E-state index in [9.17, 15) is 24.3 Å². The summed E-state index contributed by atoms with van der Waals surface area (Å²) in [6.45, 7) is 3.58. The van der Waals surface area contributed by atoms with Crippen LogP contribution in [0, 0.1) is 5.92 Å². The molecule has 0 aliphatic rings. The number of nitrogens with two attached hydrogens (primary N) is 3. The Bertz CT molecular complexity index is 874. The van der Waals surface area contributed by atoms with Gasteiger partial charge in [-0.1, -0.05) is 13.8 Å². The minimum absolute atomic E-state index is 0.0523. The van der Waals surface area contributed by atoms with E-state index in [0.29, 0.717) is 12.1 Å². The number of aromatic nitrogens is 2. The van der Waals surface area contributed by atoms with E-state index >= 15 is 0 Å². The molecule has 1 heterocycles. The van der Waals surface area contributed by atoms with E-state index in [0.717, 1.165) is 0 Å². The quantitative estimate of drug-likeness (QED) is 0.0518. The zero-order valence-corrected chi connectivity index (χ0v) is 20.6. The van der Waals surface area contributed by atoms with Crippen LogP contribution < -0.4 is 33.2 Å². The first kappa shape index (κ1) is 29.7. The first-order valence-corrected chi connectivity index (χ1v) is 11.6. The Balaban J connectivity index is 2.75. The summed E-state index contributed by atoms with van der Waals surface area (Å²) in [5.74, 6) is -3.69. The molecule has 4 unspecified atom stereocenters. The molecule has 0 saturated heterocycles. The Morgan fingerprint density at radius 2 is 1.77 bits per heavy atom. The lowest BCUT2D eigenvalue weighted by Gasteiger charge is -2.26. The standard InChI is InChI=1S/C20H35N9O5S/c1-10(2)15(18(32)27-13(19(33)34)4-3-5-25-20(22)23)29-17(31)14(8-35)28-16(30)12(21)6-11-7-24-9-26-11/h7,9-10,12-15,35H,3-6,8,21H2,1-2H3,(H,24,26)(H,27,32)(H,28,30)(H,29,31)(H,33,34)(H4,22,23,25). The van der Waals surface area contributed by atoms with Crippen molar-refractivity contribution in [1.29, 1.82) is 0 Å². The molecule has 11 N–H and O–H groups in total. The van der Waals surface area contributed by atoms with Gasteiger partial charge in [-0.3, -0.25) is 19.4 Å². The lowest BCUT2D eigenvalue weighted by atomic mass is 10.0. The van der Waals surface area contributed by atoms with Gasteiger partial charge in [-0.15, -0.1) is 0 Å². The normalized spacial score (nSPS) is 14.3. The molecule has 0 spiro atoms. The van der Waals surface area contributed by atoms with Crippen LogP contribution in [0.5, 0.6) is 0 Å². The van der Waals surface area contributed by atoms with Crippen molar-refractivity contribution in [2.45, 2.75) is 57.3 Å². The van der Waals surface area contributed by atoms with E-state index in [4.69, 9.17) is 17.2 Å². The second kappa shape index (κ2) is 14.8. The largest absolute Gasteiger partial charge is 0.480 e. The van der Waals surface area contributed by atoms with Gasteiger partial charge >= 0.3 is 5.97 Å². The Labute approximate surface area is 208 Å². The fraction of sp³-hybridized carbons (Fsp3) is 0.600. The number of carbonyl (C=O) groups excluding carboxylic acids is 3. The molecule has 35 heavy (non-hydrogen) atoms. The van der Waals surface area contributed by atoms with Crippen molar-refractivity contribution in [1.82, 2.24) is 25.9 Å². The third-order valence-electron chi connectivity index (χ3n) is 4.95. The van der Waals surface area contributed by atoms with Gasteiger partial charge in [0.2, 0.25) is 17.7 Å². The highest BCUT2D eigenvalue weighted by atomic mass is 32.1. The molecule has 0 saturated carbocycles. The third kappa shape index (κ3) is 10.6. The molecule has 1 aromatic rings. The van der Waals surface area contributed by atoms with Gasteiger partial charge in [0, 0.05) is 30.6 Å². The van der Waals surface area contributed by atoms with Crippen molar-refractivity contribution >= 4 is 42.3 Å². The van der Waals surface area contributed by atoms with E-state index in [-0.39, 0.29) is 37.0 Å². The highest BCUT2D eigenvalue weighted by molar-refractivity contribution is 7.80. The van der Waals surface area contributed by atoms with Crippen LogP contribution >= 0.6 is 12.6 Å². The zero-order valence-electron chi connectivity index (χ0n) is 19.7. The van der Waals surface area contributed by atoms with Gasteiger partial charge in [0.25, 0.3) is 0 Å². The molecule has 3 amide bonds. The van der Waals surface area contributed by atoms with Crippen molar-refractivity contribution < 1.29 is 24.3 Å². The van der Waals surface area contributed by atoms with E-state index < -0.39 is 47.9 Å². The summed E-state index contributed by atoms with van der Waals surface area (Å²) in [5.41, 5.74) is 17.0.